The Hall–Kier alpha value is -1.28. The molecular formula is C19H25ClNO2P. The Morgan fingerprint density at radius 1 is 1.08 bits per heavy atom. The molecule has 1 N–H and O–H groups in total. The van der Waals surface area contributed by atoms with E-state index >= 15 is 0 Å². The molecule has 24 heavy (non-hydrogen) atoms. The van der Waals surface area contributed by atoms with E-state index in [0.29, 0.717) is 17.8 Å². The molecule has 2 aromatic carbocycles. The van der Waals surface area contributed by atoms with Gasteiger partial charge in [0.1, 0.15) is 5.78 Å². The summed E-state index contributed by atoms with van der Waals surface area (Å²) in [6.07, 6.45) is 2.36. The summed E-state index contributed by atoms with van der Waals surface area (Å²) in [5.41, 5.74) is 1.72. The molecule has 2 aromatic rings. The van der Waals surface area contributed by atoms with Gasteiger partial charge >= 0.3 is 0 Å². The van der Waals surface area contributed by atoms with Crippen LogP contribution < -0.4 is 5.32 Å². The first kappa shape index (κ1) is 19.1. The van der Waals surface area contributed by atoms with Crippen molar-refractivity contribution in [2.24, 2.45) is 0 Å². The van der Waals surface area contributed by atoms with Crippen molar-refractivity contribution in [3.8, 4) is 0 Å². The zero-order chi connectivity index (χ0) is 17.4. The number of hydrogen-bond acceptors (Lipinski definition) is 3. The Morgan fingerprint density at radius 2 is 1.75 bits per heavy atom. The Morgan fingerprint density at radius 3 is 2.38 bits per heavy atom. The van der Waals surface area contributed by atoms with Gasteiger partial charge in [-0.25, -0.2) is 0 Å². The molecule has 0 aliphatic carbocycles. The van der Waals surface area contributed by atoms with Crippen molar-refractivity contribution in [2.75, 3.05) is 18.1 Å². The van der Waals surface area contributed by atoms with Crippen molar-refractivity contribution in [1.29, 1.82) is 0 Å². The van der Waals surface area contributed by atoms with Gasteiger partial charge in [0, 0.05) is 22.4 Å². The second-order valence-electron chi connectivity index (χ2n) is 5.66. The number of anilines is 1. The number of rotatable bonds is 9. The van der Waals surface area contributed by atoms with Crippen LogP contribution in [0.5, 0.6) is 0 Å². The first-order chi connectivity index (χ1) is 11.6. The zero-order valence-corrected chi connectivity index (χ0v) is 15.9. The maximum absolute atomic E-state index is 13.7. The van der Waals surface area contributed by atoms with Crippen LogP contribution in [0.15, 0.2) is 54.6 Å². The van der Waals surface area contributed by atoms with Crippen LogP contribution in [0.1, 0.15) is 38.0 Å². The molecule has 0 saturated heterocycles. The first-order valence-corrected chi connectivity index (χ1v) is 10.7. The zero-order valence-electron chi connectivity index (χ0n) is 14.2. The lowest BCUT2D eigenvalue weighted by atomic mass is 10.2. The minimum Gasteiger partial charge on any atom is -0.370 e. The predicted molar refractivity (Wildman–Crippen MR) is 103 cm³/mol. The summed E-state index contributed by atoms with van der Waals surface area (Å²) < 4.78 is 19.5. The Bertz CT molecular complexity index is 678. The molecule has 0 amide bonds. The van der Waals surface area contributed by atoms with Crippen molar-refractivity contribution in [1.82, 2.24) is 0 Å². The molecule has 2 atom stereocenters. The Kier molecular flexibility index (Phi) is 7.36. The van der Waals surface area contributed by atoms with E-state index in [9.17, 15) is 4.57 Å². The molecule has 0 aliphatic rings. The van der Waals surface area contributed by atoms with Crippen molar-refractivity contribution < 1.29 is 9.09 Å². The summed E-state index contributed by atoms with van der Waals surface area (Å²) in [6, 6.07) is 17.3. The van der Waals surface area contributed by atoms with Crippen LogP contribution >= 0.6 is 19.0 Å². The van der Waals surface area contributed by atoms with E-state index in [-0.39, 0.29) is 0 Å². The number of para-hydroxylation sites is 1. The molecule has 0 bridgehead atoms. The smallest absolute Gasteiger partial charge is 0.229 e. The second kappa shape index (κ2) is 9.27. The predicted octanol–water partition coefficient (Wildman–Crippen LogP) is 6.57. The highest BCUT2D eigenvalue weighted by molar-refractivity contribution is 7.59. The minimum absolute atomic E-state index is 0.415. The lowest BCUT2D eigenvalue weighted by molar-refractivity contribution is 0.326. The van der Waals surface area contributed by atoms with Gasteiger partial charge in [0.2, 0.25) is 7.37 Å². The summed E-state index contributed by atoms with van der Waals surface area (Å²) in [5, 5.41) is 4.00. The van der Waals surface area contributed by atoms with E-state index in [4.69, 9.17) is 16.1 Å². The van der Waals surface area contributed by atoms with E-state index < -0.39 is 13.2 Å². The number of halogens is 1. The van der Waals surface area contributed by atoms with Gasteiger partial charge in [0.25, 0.3) is 0 Å². The average molecular weight is 366 g/mol. The van der Waals surface area contributed by atoms with Crippen molar-refractivity contribution in [3.63, 3.8) is 0 Å². The van der Waals surface area contributed by atoms with Crippen LogP contribution in [-0.2, 0) is 9.09 Å². The molecule has 0 heterocycles. The molecule has 0 saturated carbocycles. The lowest BCUT2D eigenvalue weighted by Crippen LogP contribution is -2.16. The second-order valence-corrected chi connectivity index (χ2v) is 8.74. The lowest BCUT2D eigenvalue weighted by Gasteiger charge is -2.30. The van der Waals surface area contributed by atoms with Gasteiger partial charge in [0.15, 0.2) is 0 Å². The summed E-state index contributed by atoms with van der Waals surface area (Å²) in [7, 11) is -2.96. The SMILES string of the molecule is CCCCP(=O)(OCC)C(Nc1ccccc1)c1ccccc1Cl. The highest BCUT2D eigenvalue weighted by Crippen LogP contribution is 2.61. The van der Waals surface area contributed by atoms with Crippen LogP contribution in [0, 0.1) is 0 Å². The van der Waals surface area contributed by atoms with Gasteiger partial charge in [-0.2, -0.15) is 0 Å². The van der Waals surface area contributed by atoms with Crippen LogP contribution in [0.4, 0.5) is 5.69 Å². The maximum atomic E-state index is 13.7. The molecule has 2 unspecified atom stereocenters. The molecule has 2 rings (SSSR count). The quantitative estimate of drug-likeness (QED) is 0.511. The third kappa shape index (κ3) is 4.86. The maximum Gasteiger partial charge on any atom is 0.229 e. The van der Waals surface area contributed by atoms with E-state index in [2.05, 4.69) is 12.2 Å². The number of nitrogens with one attached hydrogen (secondary N) is 1. The third-order valence-corrected chi connectivity index (χ3v) is 7.01. The third-order valence-electron chi connectivity index (χ3n) is 3.84. The molecular weight excluding hydrogens is 341 g/mol. The van der Waals surface area contributed by atoms with Crippen LogP contribution in [0.2, 0.25) is 5.02 Å². The van der Waals surface area contributed by atoms with Gasteiger partial charge in [0.05, 0.1) is 6.61 Å². The average Bonchev–Trinajstić information content (AvgIpc) is 2.60. The molecule has 0 aliphatic heterocycles. The Balaban J connectivity index is 2.44. The number of unbranched alkanes of at least 4 members (excludes halogenated alkanes) is 1. The van der Waals surface area contributed by atoms with Crippen LogP contribution in [0.25, 0.3) is 0 Å². The number of hydrogen-bond donors (Lipinski definition) is 1. The molecule has 0 radical (unpaired) electrons. The first-order valence-electron chi connectivity index (χ1n) is 8.40. The molecule has 0 fully saturated rings. The fraction of sp³-hybridized carbons (Fsp3) is 0.368. The van der Waals surface area contributed by atoms with E-state index in [1.54, 1.807) is 0 Å². The molecule has 3 nitrogen and oxygen atoms in total. The van der Waals surface area contributed by atoms with Crippen molar-refractivity contribution in [2.45, 2.75) is 32.5 Å². The normalized spacial score (nSPS) is 14.8. The fourth-order valence-corrected chi connectivity index (χ4v) is 5.69. The fourth-order valence-electron chi connectivity index (χ4n) is 2.64. The topological polar surface area (TPSA) is 38.3 Å². The monoisotopic (exact) mass is 365 g/mol. The van der Waals surface area contributed by atoms with Crippen LogP contribution in [0.3, 0.4) is 0 Å². The molecule has 0 aromatic heterocycles. The van der Waals surface area contributed by atoms with Crippen molar-refractivity contribution >= 4 is 24.7 Å². The summed E-state index contributed by atoms with van der Waals surface area (Å²) >= 11 is 6.41. The minimum atomic E-state index is -2.96. The standard InChI is InChI=1S/C19H25ClNO2P/c1-3-5-15-24(22,23-4-2)19(17-13-9-10-14-18(17)20)21-16-11-7-6-8-12-16/h6-14,19,21H,3-5,15H2,1-2H3. The van der Waals surface area contributed by atoms with Crippen LogP contribution in [-0.4, -0.2) is 12.8 Å². The largest absolute Gasteiger partial charge is 0.370 e. The van der Waals surface area contributed by atoms with Gasteiger partial charge in [-0.15, -0.1) is 0 Å². The summed E-state index contributed by atoms with van der Waals surface area (Å²) in [4.78, 5) is 0. The summed E-state index contributed by atoms with van der Waals surface area (Å²) in [6.45, 7) is 4.38. The van der Waals surface area contributed by atoms with Crippen molar-refractivity contribution in [3.05, 3.63) is 65.2 Å². The Labute approximate surface area is 149 Å². The molecule has 5 heteroatoms. The molecule has 0 spiro atoms. The summed E-state index contributed by atoms with van der Waals surface area (Å²) in [5.74, 6) is -0.458. The van der Waals surface area contributed by atoms with E-state index in [1.165, 1.54) is 0 Å². The highest BCUT2D eigenvalue weighted by Gasteiger charge is 2.36. The van der Waals surface area contributed by atoms with E-state index in [0.717, 1.165) is 24.1 Å². The van der Waals surface area contributed by atoms with Gasteiger partial charge < -0.3 is 9.84 Å². The number of benzene rings is 2. The van der Waals surface area contributed by atoms with Gasteiger partial charge in [-0.1, -0.05) is 61.3 Å². The highest BCUT2D eigenvalue weighted by atomic mass is 35.5. The van der Waals surface area contributed by atoms with E-state index in [1.807, 2.05) is 61.5 Å². The molecule has 130 valence electrons. The van der Waals surface area contributed by atoms with Gasteiger partial charge in [-0.05, 0) is 31.5 Å². The van der Waals surface area contributed by atoms with Gasteiger partial charge in [-0.3, -0.25) is 4.57 Å².